The van der Waals surface area contributed by atoms with Gasteiger partial charge in [0, 0.05) is 12.1 Å². The van der Waals surface area contributed by atoms with Crippen LogP contribution in [0.25, 0.3) is 21.3 Å². The molecule has 4 aromatic rings. The van der Waals surface area contributed by atoms with Gasteiger partial charge in [0.25, 0.3) is 5.91 Å². The van der Waals surface area contributed by atoms with E-state index in [1.807, 2.05) is 24.3 Å². The lowest BCUT2D eigenvalue weighted by atomic mass is 10.3. The molecule has 0 saturated carbocycles. The van der Waals surface area contributed by atoms with Crippen LogP contribution in [0.4, 0.5) is 0 Å². The molecule has 0 saturated heterocycles. The molecule has 0 aliphatic carbocycles. The minimum Gasteiger partial charge on any atom is -0.465 e. The number of hydrogen-bond acceptors (Lipinski definition) is 8. The Morgan fingerprint density at radius 1 is 1.19 bits per heavy atom. The number of rotatable bonds is 4. The number of nitrogens with zero attached hydrogens (tertiary/aromatic N) is 4. The zero-order valence-corrected chi connectivity index (χ0v) is 17.2. The van der Waals surface area contributed by atoms with Gasteiger partial charge in [0.1, 0.15) is 12.2 Å². The van der Waals surface area contributed by atoms with Gasteiger partial charge < -0.3 is 18.8 Å². The van der Waals surface area contributed by atoms with Crippen molar-refractivity contribution in [2.24, 2.45) is 4.99 Å². The van der Waals surface area contributed by atoms with E-state index in [9.17, 15) is 9.59 Å². The van der Waals surface area contributed by atoms with Crippen LogP contribution in [-0.2, 0) is 16.1 Å². The summed E-state index contributed by atoms with van der Waals surface area (Å²) in [5.74, 6) is 0.193. The Kier molecular flexibility index (Phi) is 4.83. The molecule has 156 valence electrons. The molecule has 0 radical (unpaired) electrons. The molecule has 1 aliphatic rings. The van der Waals surface area contributed by atoms with E-state index in [-0.39, 0.29) is 25.6 Å². The van der Waals surface area contributed by atoms with Gasteiger partial charge in [0.2, 0.25) is 6.79 Å². The number of esters is 1. The molecule has 0 bridgehead atoms. The summed E-state index contributed by atoms with van der Waals surface area (Å²) in [6, 6.07) is 10.8. The van der Waals surface area contributed by atoms with E-state index in [2.05, 4.69) is 15.0 Å². The van der Waals surface area contributed by atoms with E-state index in [1.165, 1.54) is 17.5 Å². The summed E-state index contributed by atoms with van der Waals surface area (Å²) in [4.78, 5) is 38.3. The van der Waals surface area contributed by atoms with Gasteiger partial charge in [-0.25, -0.2) is 4.98 Å². The number of amides is 1. The number of fused-ring (bicyclic) bond motifs is 3. The van der Waals surface area contributed by atoms with Crippen LogP contribution in [0.15, 0.2) is 47.6 Å². The zero-order valence-electron chi connectivity index (χ0n) is 16.4. The summed E-state index contributed by atoms with van der Waals surface area (Å²) in [6.45, 7) is 2.04. The summed E-state index contributed by atoms with van der Waals surface area (Å²) in [6.07, 6.45) is 1.40. The van der Waals surface area contributed by atoms with E-state index in [0.717, 1.165) is 4.70 Å². The SMILES string of the molecule is CCOC(=O)Cn1c(=NC(=O)c2cnc3ccccc3n2)sc2cc3c(cc21)OCO3. The normalized spacial score (nSPS) is 13.1. The van der Waals surface area contributed by atoms with E-state index >= 15 is 0 Å². The Labute approximate surface area is 179 Å². The lowest BCUT2D eigenvalue weighted by molar-refractivity contribution is -0.143. The van der Waals surface area contributed by atoms with E-state index in [4.69, 9.17) is 14.2 Å². The number of benzene rings is 2. The predicted octanol–water partition coefficient (Wildman–Crippen LogP) is 2.68. The Morgan fingerprint density at radius 3 is 2.77 bits per heavy atom. The van der Waals surface area contributed by atoms with Crippen molar-refractivity contribution in [2.75, 3.05) is 13.4 Å². The van der Waals surface area contributed by atoms with Crippen LogP contribution in [-0.4, -0.2) is 39.8 Å². The molecule has 0 spiro atoms. The highest BCUT2D eigenvalue weighted by atomic mass is 32.1. The molecule has 0 unspecified atom stereocenters. The third-order valence-electron chi connectivity index (χ3n) is 4.63. The molecular formula is C21H16N4O5S. The van der Waals surface area contributed by atoms with Crippen molar-refractivity contribution in [1.82, 2.24) is 14.5 Å². The topological polar surface area (TPSA) is 105 Å². The van der Waals surface area contributed by atoms with Crippen LogP contribution >= 0.6 is 11.3 Å². The number of aromatic nitrogens is 3. The second-order valence-electron chi connectivity index (χ2n) is 6.61. The largest absolute Gasteiger partial charge is 0.465 e. The van der Waals surface area contributed by atoms with Crippen LogP contribution in [0.2, 0.25) is 0 Å². The van der Waals surface area contributed by atoms with E-state index < -0.39 is 11.9 Å². The number of carbonyl (C=O) groups is 2. The molecule has 1 aliphatic heterocycles. The van der Waals surface area contributed by atoms with Crippen LogP contribution in [0.3, 0.4) is 0 Å². The second kappa shape index (κ2) is 7.80. The van der Waals surface area contributed by atoms with Gasteiger partial charge in [0.05, 0.1) is 34.1 Å². The summed E-state index contributed by atoms with van der Waals surface area (Å²) >= 11 is 1.26. The van der Waals surface area contributed by atoms with Gasteiger partial charge >= 0.3 is 5.97 Å². The smallest absolute Gasteiger partial charge is 0.326 e. The summed E-state index contributed by atoms with van der Waals surface area (Å²) in [7, 11) is 0. The first-order valence-corrected chi connectivity index (χ1v) is 10.3. The number of para-hydroxylation sites is 2. The molecule has 10 heteroatoms. The summed E-state index contributed by atoms with van der Waals surface area (Å²) in [5, 5.41) is 0. The first-order valence-electron chi connectivity index (χ1n) is 9.52. The standard InChI is InChI=1S/C21H16N4O5S/c1-2-28-19(26)10-25-15-7-16-17(30-11-29-16)8-18(15)31-21(25)24-20(27)14-9-22-12-5-3-4-6-13(12)23-14/h3-9H,2,10-11H2,1H3. The molecular weight excluding hydrogens is 420 g/mol. The zero-order chi connectivity index (χ0) is 21.4. The van der Waals surface area contributed by atoms with Gasteiger partial charge in [0.15, 0.2) is 16.3 Å². The van der Waals surface area contributed by atoms with Crippen LogP contribution < -0.4 is 14.3 Å². The number of hydrogen-bond donors (Lipinski definition) is 0. The molecule has 3 heterocycles. The van der Waals surface area contributed by atoms with Gasteiger partial charge in [-0.15, -0.1) is 0 Å². The van der Waals surface area contributed by atoms with Crippen LogP contribution in [0.1, 0.15) is 17.4 Å². The third kappa shape index (κ3) is 3.61. The molecule has 2 aromatic carbocycles. The summed E-state index contributed by atoms with van der Waals surface area (Å²) < 4.78 is 18.4. The van der Waals surface area contributed by atoms with Crippen molar-refractivity contribution in [2.45, 2.75) is 13.5 Å². The van der Waals surface area contributed by atoms with Crippen molar-refractivity contribution < 1.29 is 23.8 Å². The van der Waals surface area contributed by atoms with E-state index in [1.54, 1.807) is 23.6 Å². The van der Waals surface area contributed by atoms with Crippen molar-refractivity contribution in [3.8, 4) is 11.5 Å². The minimum absolute atomic E-state index is 0.0942. The maximum absolute atomic E-state index is 12.9. The van der Waals surface area contributed by atoms with E-state index in [0.29, 0.717) is 32.9 Å². The van der Waals surface area contributed by atoms with Crippen molar-refractivity contribution in [3.63, 3.8) is 0 Å². The van der Waals surface area contributed by atoms with Crippen molar-refractivity contribution in [1.29, 1.82) is 0 Å². The Hall–Kier alpha value is -3.79. The number of carbonyl (C=O) groups excluding carboxylic acids is 2. The van der Waals surface area contributed by atoms with Gasteiger partial charge in [-0.1, -0.05) is 23.5 Å². The number of ether oxygens (including phenoxy) is 3. The fourth-order valence-corrected chi connectivity index (χ4v) is 4.28. The molecule has 2 aromatic heterocycles. The highest BCUT2D eigenvalue weighted by Crippen LogP contribution is 2.37. The number of thiazole rings is 1. The fraction of sp³-hybridized carbons (Fsp3) is 0.190. The average Bonchev–Trinajstić information content (AvgIpc) is 3.36. The lowest BCUT2D eigenvalue weighted by Crippen LogP contribution is -2.23. The highest BCUT2D eigenvalue weighted by molar-refractivity contribution is 7.16. The Balaban J connectivity index is 1.62. The predicted molar refractivity (Wildman–Crippen MR) is 112 cm³/mol. The van der Waals surface area contributed by atoms with Crippen LogP contribution in [0, 0.1) is 0 Å². The monoisotopic (exact) mass is 436 g/mol. The molecule has 0 N–H and O–H groups in total. The maximum atomic E-state index is 12.9. The summed E-state index contributed by atoms with van der Waals surface area (Å²) in [5.41, 5.74) is 2.10. The molecule has 1 amide bonds. The minimum atomic E-state index is -0.553. The third-order valence-corrected chi connectivity index (χ3v) is 5.68. The lowest BCUT2D eigenvalue weighted by Gasteiger charge is -2.05. The first kappa shape index (κ1) is 19.2. The van der Waals surface area contributed by atoms with Gasteiger partial charge in [-0.2, -0.15) is 4.99 Å². The highest BCUT2D eigenvalue weighted by Gasteiger charge is 2.20. The molecule has 0 atom stereocenters. The molecule has 5 rings (SSSR count). The van der Waals surface area contributed by atoms with Crippen LogP contribution in [0.5, 0.6) is 11.5 Å². The molecule has 31 heavy (non-hydrogen) atoms. The maximum Gasteiger partial charge on any atom is 0.326 e. The Bertz CT molecular complexity index is 1410. The quantitative estimate of drug-likeness (QED) is 0.453. The van der Waals surface area contributed by atoms with Crippen molar-refractivity contribution in [3.05, 3.63) is 53.1 Å². The van der Waals surface area contributed by atoms with Gasteiger partial charge in [-0.05, 0) is 19.1 Å². The molecule has 0 fully saturated rings. The first-order chi connectivity index (χ1) is 15.1. The second-order valence-corrected chi connectivity index (χ2v) is 7.62. The van der Waals surface area contributed by atoms with Crippen molar-refractivity contribution >= 4 is 44.5 Å². The fourth-order valence-electron chi connectivity index (χ4n) is 3.24. The average molecular weight is 436 g/mol. The Morgan fingerprint density at radius 2 is 1.97 bits per heavy atom. The van der Waals surface area contributed by atoms with Gasteiger partial charge in [-0.3, -0.25) is 14.6 Å². The molecule has 9 nitrogen and oxygen atoms in total.